The third-order valence-electron chi connectivity index (χ3n) is 2.71. The van der Waals surface area contributed by atoms with Crippen LogP contribution in [0.15, 0.2) is 18.2 Å². The number of carbonyl (C=O) groups excluding carboxylic acids is 1. The van der Waals surface area contributed by atoms with Crippen LogP contribution in [0.4, 0.5) is 10.2 Å². The molecule has 1 aliphatic heterocycles. The van der Waals surface area contributed by atoms with E-state index in [9.17, 15) is 9.18 Å². The van der Waals surface area contributed by atoms with Crippen molar-refractivity contribution in [2.24, 2.45) is 0 Å². The van der Waals surface area contributed by atoms with Gasteiger partial charge in [0.15, 0.2) is 0 Å². The van der Waals surface area contributed by atoms with Gasteiger partial charge in [-0.05, 0) is 18.6 Å². The maximum absolute atomic E-state index is 13.0. The number of anilines is 1. The van der Waals surface area contributed by atoms with E-state index in [1.165, 1.54) is 6.07 Å². The van der Waals surface area contributed by atoms with Gasteiger partial charge in [0.05, 0.1) is 0 Å². The molecule has 2 rings (SSSR count). The predicted octanol–water partition coefficient (Wildman–Crippen LogP) is 0.935. The molecule has 1 aromatic heterocycles. The Morgan fingerprint density at radius 2 is 2.44 bits per heavy atom. The lowest BCUT2D eigenvalue weighted by molar-refractivity contribution is -0.123. The zero-order valence-electron chi connectivity index (χ0n) is 9.11. The second-order valence-corrected chi connectivity index (χ2v) is 3.73. The molecule has 1 aliphatic rings. The highest BCUT2D eigenvalue weighted by atomic mass is 19.1. The number of aromatic nitrogens is 1. The van der Waals surface area contributed by atoms with E-state index in [-0.39, 0.29) is 11.9 Å². The zero-order valence-corrected chi connectivity index (χ0v) is 9.11. The first kappa shape index (κ1) is 10.9. The van der Waals surface area contributed by atoms with E-state index in [1.54, 1.807) is 12.1 Å². The van der Waals surface area contributed by atoms with Gasteiger partial charge in [-0.3, -0.25) is 4.79 Å². The number of halogens is 1. The van der Waals surface area contributed by atoms with Gasteiger partial charge in [-0.2, -0.15) is 4.39 Å². The summed E-state index contributed by atoms with van der Waals surface area (Å²) in [6.07, 6.45) is 0.685. The molecule has 1 unspecified atom stereocenters. The van der Waals surface area contributed by atoms with Crippen molar-refractivity contribution in [3.05, 3.63) is 24.1 Å². The molecule has 16 heavy (non-hydrogen) atoms. The van der Waals surface area contributed by atoms with E-state index in [0.717, 1.165) is 0 Å². The van der Waals surface area contributed by atoms with E-state index in [1.807, 2.05) is 11.8 Å². The largest absolute Gasteiger partial charge is 0.353 e. The third kappa shape index (κ3) is 1.98. The summed E-state index contributed by atoms with van der Waals surface area (Å²) in [6.45, 7) is 3.18. The first-order valence-corrected chi connectivity index (χ1v) is 5.39. The van der Waals surface area contributed by atoms with Gasteiger partial charge in [-0.15, -0.1) is 0 Å². The van der Waals surface area contributed by atoms with E-state index in [2.05, 4.69) is 10.3 Å². The smallest absolute Gasteiger partial charge is 0.242 e. The molecule has 1 amide bonds. The van der Waals surface area contributed by atoms with Crippen molar-refractivity contribution in [3.63, 3.8) is 0 Å². The van der Waals surface area contributed by atoms with E-state index in [4.69, 9.17) is 0 Å². The summed E-state index contributed by atoms with van der Waals surface area (Å²) < 4.78 is 13.0. The predicted molar refractivity (Wildman–Crippen MR) is 58.6 cm³/mol. The van der Waals surface area contributed by atoms with Crippen molar-refractivity contribution in [1.29, 1.82) is 0 Å². The van der Waals surface area contributed by atoms with Crippen molar-refractivity contribution in [3.8, 4) is 0 Å². The Balaban J connectivity index is 2.27. The second kappa shape index (κ2) is 4.47. The highest BCUT2D eigenvalue weighted by Crippen LogP contribution is 2.18. The Morgan fingerprint density at radius 3 is 3.12 bits per heavy atom. The Bertz CT molecular complexity index is 397. The lowest BCUT2D eigenvalue weighted by Crippen LogP contribution is -2.55. The molecule has 0 saturated carbocycles. The number of hydrogen-bond donors (Lipinski definition) is 1. The van der Waals surface area contributed by atoms with Gasteiger partial charge in [-0.1, -0.05) is 13.0 Å². The maximum Gasteiger partial charge on any atom is 0.242 e. The van der Waals surface area contributed by atoms with Crippen LogP contribution in [-0.2, 0) is 4.79 Å². The summed E-state index contributed by atoms with van der Waals surface area (Å²) >= 11 is 0. The average Bonchev–Trinajstić information content (AvgIpc) is 2.28. The van der Waals surface area contributed by atoms with Crippen LogP contribution in [0, 0.1) is 5.95 Å². The maximum atomic E-state index is 13.0. The van der Waals surface area contributed by atoms with Crippen LogP contribution in [0.1, 0.15) is 13.3 Å². The molecule has 0 spiro atoms. The fourth-order valence-electron chi connectivity index (χ4n) is 1.95. The van der Waals surface area contributed by atoms with Crippen LogP contribution in [0.5, 0.6) is 0 Å². The molecule has 1 aromatic rings. The molecule has 2 heterocycles. The summed E-state index contributed by atoms with van der Waals surface area (Å²) in [6, 6.07) is 4.39. The van der Waals surface area contributed by atoms with Crippen molar-refractivity contribution in [2.45, 2.75) is 19.4 Å². The Morgan fingerprint density at radius 1 is 1.62 bits per heavy atom. The summed E-state index contributed by atoms with van der Waals surface area (Å²) in [5.41, 5.74) is 0. The summed E-state index contributed by atoms with van der Waals surface area (Å²) in [5.74, 6) is -0.000143. The fourth-order valence-corrected chi connectivity index (χ4v) is 1.95. The number of carbonyl (C=O) groups is 1. The molecule has 0 aliphatic carbocycles. The topological polar surface area (TPSA) is 45.2 Å². The van der Waals surface area contributed by atoms with Gasteiger partial charge < -0.3 is 10.2 Å². The molecule has 1 saturated heterocycles. The Kier molecular flexibility index (Phi) is 3.03. The monoisotopic (exact) mass is 223 g/mol. The van der Waals surface area contributed by atoms with Crippen LogP contribution in [0.25, 0.3) is 0 Å². The zero-order chi connectivity index (χ0) is 11.5. The molecule has 0 bridgehead atoms. The highest BCUT2D eigenvalue weighted by molar-refractivity contribution is 5.86. The molecule has 1 N–H and O–H groups in total. The molecule has 0 radical (unpaired) electrons. The van der Waals surface area contributed by atoms with Crippen molar-refractivity contribution in [1.82, 2.24) is 10.3 Å². The number of amides is 1. The molecular formula is C11H14FN3O. The Labute approximate surface area is 93.5 Å². The molecule has 4 nitrogen and oxygen atoms in total. The normalized spacial score (nSPS) is 20.8. The van der Waals surface area contributed by atoms with E-state index in [0.29, 0.717) is 25.3 Å². The number of pyridine rings is 1. The van der Waals surface area contributed by atoms with Crippen LogP contribution in [0.2, 0.25) is 0 Å². The molecule has 1 fully saturated rings. The van der Waals surface area contributed by atoms with Crippen LogP contribution in [-0.4, -0.2) is 30.0 Å². The average molecular weight is 223 g/mol. The summed E-state index contributed by atoms with van der Waals surface area (Å²) in [7, 11) is 0. The van der Waals surface area contributed by atoms with Gasteiger partial charge in [-0.25, -0.2) is 4.98 Å². The Hall–Kier alpha value is -1.65. The van der Waals surface area contributed by atoms with E-state index >= 15 is 0 Å². The minimum absolute atomic E-state index is 0.0141. The van der Waals surface area contributed by atoms with Crippen molar-refractivity contribution in [2.75, 3.05) is 18.0 Å². The van der Waals surface area contributed by atoms with Gasteiger partial charge in [0.25, 0.3) is 0 Å². The molecular weight excluding hydrogens is 209 g/mol. The second-order valence-electron chi connectivity index (χ2n) is 3.73. The molecule has 86 valence electrons. The van der Waals surface area contributed by atoms with Crippen molar-refractivity contribution >= 4 is 11.7 Å². The molecule has 5 heteroatoms. The molecule has 0 aromatic carbocycles. The first-order chi connectivity index (χ1) is 7.72. The fraction of sp³-hybridized carbons (Fsp3) is 0.455. The minimum Gasteiger partial charge on any atom is -0.353 e. The SMILES string of the molecule is CCC1C(=O)NCCN1c1cccc(F)n1. The number of nitrogens with one attached hydrogen (secondary N) is 1. The minimum atomic E-state index is -0.515. The van der Waals surface area contributed by atoms with Gasteiger partial charge in [0.2, 0.25) is 11.9 Å². The van der Waals surface area contributed by atoms with Gasteiger partial charge in [0.1, 0.15) is 11.9 Å². The number of piperazine rings is 1. The lowest BCUT2D eigenvalue weighted by atomic mass is 10.1. The van der Waals surface area contributed by atoms with E-state index < -0.39 is 5.95 Å². The number of hydrogen-bond acceptors (Lipinski definition) is 3. The highest BCUT2D eigenvalue weighted by Gasteiger charge is 2.28. The number of rotatable bonds is 2. The van der Waals surface area contributed by atoms with Crippen molar-refractivity contribution < 1.29 is 9.18 Å². The standard InChI is InChI=1S/C11H14FN3O/c1-2-8-11(16)13-6-7-15(8)10-5-3-4-9(12)14-10/h3-5,8H,2,6-7H2,1H3,(H,13,16). The van der Waals surface area contributed by atoms with Crippen LogP contribution < -0.4 is 10.2 Å². The first-order valence-electron chi connectivity index (χ1n) is 5.39. The quantitative estimate of drug-likeness (QED) is 0.759. The summed E-state index contributed by atoms with van der Waals surface area (Å²) in [5, 5.41) is 2.80. The van der Waals surface area contributed by atoms with Crippen LogP contribution in [0.3, 0.4) is 0 Å². The lowest BCUT2D eigenvalue weighted by Gasteiger charge is -2.35. The van der Waals surface area contributed by atoms with Gasteiger partial charge in [0, 0.05) is 13.1 Å². The summed E-state index contributed by atoms with van der Waals surface area (Å²) in [4.78, 5) is 17.3. The van der Waals surface area contributed by atoms with Crippen LogP contribution >= 0.6 is 0 Å². The molecule has 1 atom stereocenters. The van der Waals surface area contributed by atoms with Gasteiger partial charge >= 0.3 is 0 Å². The third-order valence-corrected chi connectivity index (χ3v) is 2.71. The number of nitrogens with zero attached hydrogens (tertiary/aromatic N) is 2.